The van der Waals surface area contributed by atoms with E-state index in [0.717, 1.165) is 9.80 Å². The zero-order valence-corrected chi connectivity index (χ0v) is 16.8. The summed E-state index contributed by atoms with van der Waals surface area (Å²) in [5, 5.41) is 11.1. The summed E-state index contributed by atoms with van der Waals surface area (Å²) in [6.07, 6.45) is -0.974. The molecule has 2 atom stereocenters. The van der Waals surface area contributed by atoms with Crippen LogP contribution >= 0.6 is 0 Å². The number of methoxy groups -OCH3 is 1. The number of likely N-dealkylation sites (tertiary alicyclic amines) is 1. The molecule has 29 heavy (non-hydrogen) atoms. The Labute approximate surface area is 168 Å². The first kappa shape index (κ1) is 20.8. The van der Waals surface area contributed by atoms with Crippen molar-refractivity contribution < 1.29 is 33.8 Å². The number of rotatable bonds is 3. The fraction of sp³-hybridized carbons (Fsp3) is 0.500. The first-order valence-electron chi connectivity index (χ1n) is 9.21. The van der Waals surface area contributed by atoms with E-state index in [9.17, 15) is 24.3 Å². The van der Waals surface area contributed by atoms with Gasteiger partial charge in [0, 0.05) is 6.42 Å². The molecule has 3 rings (SSSR count). The molecular formula is C20H24N2O7. The van der Waals surface area contributed by atoms with E-state index in [0.29, 0.717) is 0 Å². The Morgan fingerprint density at radius 1 is 1.17 bits per heavy atom. The lowest BCUT2D eigenvalue weighted by Gasteiger charge is -2.29. The van der Waals surface area contributed by atoms with Crippen LogP contribution in [0, 0.1) is 0 Å². The first-order valence-corrected chi connectivity index (χ1v) is 9.21. The number of benzene rings is 1. The van der Waals surface area contributed by atoms with Gasteiger partial charge in [-0.15, -0.1) is 0 Å². The van der Waals surface area contributed by atoms with Gasteiger partial charge in [0.2, 0.25) is 0 Å². The molecule has 1 fully saturated rings. The minimum Gasteiger partial charge on any atom is -0.467 e. The van der Waals surface area contributed by atoms with Gasteiger partial charge in [-0.2, -0.15) is 0 Å². The van der Waals surface area contributed by atoms with Gasteiger partial charge in [0.15, 0.2) is 0 Å². The number of ether oxygens (including phenoxy) is 2. The summed E-state index contributed by atoms with van der Waals surface area (Å²) in [4.78, 5) is 52.0. The van der Waals surface area contributed by atoms with Gasteiger partial charge < -0.3 is 14.6 Å². The van der Waals surface area contributed by atoms with E-state index in [-0.39, 0.29) is 30.6 Å². The molecule has 0 aromatic heterocycles. The van der Waals surface area contributed by atoms with Crippen LogP contribution in [0.4, 0.5) is 4.79 Å². The molecule has 1 aromatic rings. The average molecular weight is 404 g/mol. The topological polar surface area (TPSA) is 113 Å². The SMILES string of the molecule is COC(=O)[C@@H]1C[C@@](O)(CN2C(=O)c3ccccc3C2=O)CN1C(=O)OC(C)(C)C. The van der Waals surface area contributed by atoms with Crippen LogP contribution in [0.15, 0.2) is 24.3 Å². The number of aliphatic hydroxyl groups is 1. The summed E-state index contributed by atoms with van der Waals surface area (Å²) >= 11 is 0. The molecule has 9 heteroatoms. The summed E-state index contributed by atoms with van der Waals surface area (Å²) < 4.78 is 10.1. The Kier molecular flexibility index (Phi) is 5.12. The van der Waals surface area contributed by atoms with Crippen molar-refractivity contribution in [3.63, 3.8) is 0 Å². The third kappa shape index (κ3) is 3.95. The number of carbonyl (C=O) groups excluding carboxylic acids is 4. The number of nitrogens with zero attached hydrogens (tertiary/aromatic N) is 2. The maximum absolute atomic E-state index is 12.6. The zero-order valence-electron chi connectivity index (χ0n) is 16.8. The van der Waals surface area contributed by atoms with Gasteiger partial charge in [-0.3, -0.25) is 19.4 Å². The monoisotopic (exact) mass is 404 g/mol. The second-order valence-electron chi connectivity index (χ2n) is 8.32. The molecule has 0 unspecified atom stereocenters. The van der Waals surface area contributed by atoms with Gasteiger partial charge in [0.05, 0.1) is 31.3 Å². The zero-order chi connectivity index (χ0) is 21.6. The van der Waals surface area contributed by atoms with Crippen molar-refractivity contribution >= 4 is 23.9 Å². The van der Waals surface area contributed by atoms with Crippen molar-refractivity contribution in [1.29, 1.82) is 0 Å². The van der Waals surface area contributed by atoms with Crippen molar-refractivity contribution in [1.82, 2.24) is 9.80 Å². The number of β-amino-alcohol motifs (C(OH)–C–C–N with tert-alkyl or cyclic N) is 1. The molecule has 2 aliphatic rings. The fourth-order valence-electron chi connectivity index (χ4n) is 3.61. The van der Waals surface area contributed by atoms with Crippen molar-refractivity contribution in [3.8, 4) is 0 Å². The van der Waals surface area contributed by atoms with Gasteiger partial charge >= 0.3 is 12.1 Å². The van der Waals surface area contributed by atoms with Gasteiger partial charge in [0.25, 0.3) is 11.8 Å². The summed E-state index contributed by atoms with van der Waals surface area (Å²) in [5.74, 6) is -1.76. The van der Waals surface area contributed by atoms with E-state index in [4.69, 9.17) is 9.47 Å². The lowest BCUT2D eigenvalue weighted by molar-refractivity contribution is -0.145. The molecule has 0 spiro atoms. The molecule has 1 aromatic carbocycles. The van der Waals surface area contributed by atoms with Crippen molar-refractivity contribution in [2.45, 2.75) is 44.4 Å². The number of amides is 3. The predicted molar refractivity (Wildman–Crippen MR) is 100 cm³/mol. The number of imide groups is 1. The molecule has 0 aliphatic carbocycles. The van der Waals surface area contributed by atoms with E-state index in [1.54, 1.807) is 45.0 Å². The predicted octanol–water partition coefficient (Wildman–Crippen LogP) is 1.20. The van der Waals surface area contributed by atoms with Crippen molar-refractivity contribution in [2.24, 2.45) is 0 Å². The van der Waals surface area contributed by atoms with Crippen LogP contribution in [0.1, 0.15) is 47.9 Å². The molecule has 2 aliphatic heterocycles. The fourth-order valence-corrected chi connectivity index (χ4v) is 3.61. The Morgan fingerprint density at radius 2 is 1.72 bits per heavy atom. The third-order valence-corrected chi connectivity index (χ3v) is 4.85. The average Bonchev–Trinajstić information content (AvgIpc) is 3.11. The van der Waals surface area contributed by atoms with E-state index < -0.39 is 41.1 Å². The van der Waals surface area contributed by atoms with Crippen LogP contribution in [-0.2, 0) is 14.3 Å². The molecule has 156 valence electrons. The third-order valence-electron chi connectivity index (χ3n) is 4.85. The van der Waals surface area contributed by atoms with Crippen LogP contribution < -0.4 is 0 Å². The lowest BCUT2D eigenvalue weighted by Crippen LogP contribution is -2.48. The second-order valence-corrected chi connectivity index (χ2v) is 8.32. The quantitative estimate of drug-likeness (QED) is 0.595. The Hall–Kier alpha value is -2.94. The highest BCUT2D eigenvalue weighted by atomic mass is 16.6. The molecule has 0 radical (unpaired) electrons. The first-order chi connectivity index (χ1) is 13.5. The molecule has 1 N–H and O–H groups in total. The van der Waals surface area contributed by atoms with Gasteiger partial charge in [0.1, 0.15) is 17.2 Å². The maximum Gasteiger partial charge on any atom is 0.411 e. The van der Waals surface area contributed by atoms with Crippen molar-refractivity contribution in [3.05, 3.63) is 35.4 Å². The summed E-state index contributed by atoms with van der Waals surface area (Å²) in [6.45, 7) is 4.40. The number of esters is 1. The highest BCUT2D eigenvalue weighted by Crippen LogP contribution is 2.33. The minimum atomic E-state index is -1.68. The highest BCUT2D eigenvalue weighted by Gasteiger charge is 2.52. The van der Waals surface area contributed by atoms with E-state index in [2.05, 4.69) is 0 Å². The lowest BCUT2D eigenvalue weighted by atomic mass is 9.99. The van der Waals surface area contributed by atoms with Crippen molar-refractivity contribution in [2.75, 3.05) is 20.2 Å². The molecular weight excluding hydrogens is 380 g/mol. The van der Waals surface area contributed by atoms with Gasteiger partial charge in [-0.1, -0.05) is 12.1 Å². The molecule has 0 saturated carbocycles. The summed E-state index contributed by atoms with van der Waals surface area (Å²) in [5.41, 5.74) is -1.97. The maximum atomic E-state index is 12.6. The van der Waals surface area contributed by atoms with Crippen LogP contribution in [0.2, 0.25) is 0 Å². The van der Waals surface area contributed by atoms with Crippen LogP contribution in [-0.4, -0.2) is 76.2 Å². The smallest absolute Gasteiger partial charge is 0.411 e. The summed E-state index contributed by atoms with van der Waals surface area (Å²) in [7, 11) is 1.18. The molecule has 9 nitrogen and oxygen atoms in total. The Morgan fingerprint density at radius 3 is 2.21 bits per heavy atom. The van der Waals surface area contributed by atoms with Gasteiger partial charge in [-0.25, -0.2) is 9.59 Å². The Bertz CT molecular complexity index is 841. The molecule has 3 amide bonds. The number of hydrogen-bond donors (Lipinski definition) is 1. The number of carbonyl (C=O) groups is 4. The van der Waals surface area contributed by atoms with Crippen LogP contribution in [0.25, 0.3) is 0 Å². The van der Waals surface area contributed by atoms with Crippen LogP contribution in [0.3, 0.4) is 0 Å². The van der Waals surface area contributed by atoms with E-state index in [1.165, 1.54) is 7.11 Å². The van der Waals surface area contributed by atoms with Crippen LogP contribution in [0.5, 0.6) is 0 Å². The van der Waals surface area contributed by atoms with Gasteiger partial charge in [-0.05, 0) is 32.9 Å². The minimum absolute atomic E-state index is 0.188. The molecule has 0 bridgehead atoms. The molecule has 2 heterocycles. The summed E-state index contributed by atoms with van der Waals surface area (Å²) in [6, 6.07) is 5.29. The standard InChI is InChI=1S/C20H24N2O7/c1-19(2,3)29-18(26)21-10-20(27,9-14(21)17(25)28-4)11-22-15(23)12-7-5-6-8-13(12)16(22)24/h5-8,14,27H,9-11H2,1-4H3/t14-,20-/m0/s1. The largest absolute Gasteiger partial charge is 0.467 e. The highest BCUT2D eigenvalue weighted by molar-refractivity contribution is 6.21. The number of fused-ring (bicyclic) bond motifs is 1. The Balaban J connectivity index is 1.83. The second kappa shape index (κ2) is 7.14. The number of hydrogen-bond acceptors (Lipinski definition) is 7. The van der Waals surface area contributed by atoms with E-state index in [1.807, 2.05) is 0 Å². The molecule has 1 saturated heterocycles. The van der Waals surface area contributed by atoms with E-state index >= 15 is 0 Å². The normalized spacial score (nSPS) is 24.0.